The van der Waals surface area contributed by atoms with Crippen molar-refractivity contribution in [2.45, 2.75) is 0 Å². The molecule has 0 aliphatic heterocycles. The molecule has 0 unspecified atom stereocenters. The highest BCUT2D eigenvalue weighted by Gasteiger charge is 2.21. The van der Waals surface area contributed by atoms with E-state index in [0.717, 1.165) is 0 Å². The van der Waals surface area contributed by atoms with Crippen LogP contribution in [0.1, 0.15) is 0 Å². The zero-order chi connectivity index (χ0) is 25.9. The lowest BCUT2D eigenvalue weighted by Gasteiger charge is -2.14. The van der Waals surface area contributed by atoms with Crippen LogP contribution in [-0.4, -0.2) is 0 Å². The van der Waals surface area contributed by atoms with Crippen LogP contribution in [0.4, 0.5) is 0 Å². The van der Waals surface area contributed by atoms with Gasteiger partial charge in [0.1, 0.15) is 0 Å². The topological polar surface area (TPSA) is 0 Å². The number of hydrogen-bond acceptors (Lipinski definition) is 0. The van der Waals surface area contributed by atoms with E-state index in [1.54, 1.807) is 0 Å². The monoisotopic (exact) mass is 502 g/mol. The van der Waals surface area contributed by atoms with Crippen LogP contribution in [0.2, 0.25) is 0 Å². The molecule has 0 heterocycles. The third kappa shape index (κ3) is 2.43. The molecule has 0 spiro atoms. The third-order valence-corrected chi connectivity index (χ3v) is 9.31. The van der Waals surface area contributed by atoms with Crippen molar-refractivity contribution in [2.24, 2.45) is 0 Å². The third-order valence-electron chi connectivity index (χ3n) is 9.31. The number of hydrogen-bond donors (Lipinski definition) is 0. The first-order chi connectivity index (χ1) is 19.9. The van der Waals surface area contributed by atoms with E-state index < -0.39 is 0 Å². The summed E-state index contributed by atoms with van der Waals surface area (Å²) in [6.07, 6.45) is 0. The van der Waals surface area contributed by atoms with E-state index in [1.165, 1.54) is 97.3 Å². The Morgan fingerprint density at radius 2 is 0.750 bits per heavy atom. The van der Waals surface area contributed by atoms with Crippen molar-refractivity contribution >= 4 is 86.2 Å². The van der Waals surface area contributed by atoms with Gasteiger partial charge in [-0.1, -0.05) is 121 Å². The standard InChI is InChI=1S/C40H22/c1-2-9-24(10-3-1)38-31-20-19-27-29-17-8-16-28-25-13-4-5-14-26(25)35(39(28)29)21-33(27)34(31)22-36-30-15-6-11-23-12-7-18-32(37(23)30)40(36)38/h1-22H. The quantitative estimate of drug-likeness (QED) is 0.196. The molecule has 0 atom stereocenters. The van der Waals surface area contributed by atoms with E-state index in [0.29, 0.717) is 0 Å². The predicted molar refractivity (Wildman–Crippen MR) is 174 cm³/mol. The summed E-state index contributed by atoms with van der Waals surface area (Å²) in [5.74, 6) is 0. The van der Waals surface area contributed by atoms with E-state index in [9.17, 15) is 0 Å². The molecule has 0 bridgehead atoms. The second-order valence-electron chi connectivity index (χ2n) is 11.2. The first kappa shape index (κ1) is 20.7. The molecular formula is C40H22. The maximum Gasteiger partial charge on any atom is -0.00137 e. The van der Waals surface area contributed by atoms with Crippen LogP contribution in [-0.2, 0) is 0 Å². The first-order valence-corrected chi connectivity index (χ1v) is 14.0. The molecule has 0 aliphatic carbocycles. The minimum absolute atomic E-state index is 1.27. The van der Waals surface area contributed by atoms with Crippen LogP contribution >= 0.6 is 0 Å². The lowest BCUT2D eigenvalue weighted by molar-refractivity contribution is 1.69. The Morgan fingerprint density at radius 1 is 0.250 bits per heavy atom. The summed E-state index contributed by atoms with van der Waals surface area (Å²) in [5.41, 5.74) is 2.61. The van der Waals surface area contributed by atoms with Gasteiger partial charge in [0.25, 0.3) is 0 Å². The average Bonchev–Trinajstić information content (AvgIpc) is 3.51. The fraction of sp³-hybridized carbons (Fsp3) is 0. The molecule has 182 valence electrons. The first-order valence-electron chi connectivity index (χ1n) is 14.0. The van der Waals surface area contributed by atoms with E-state index in [2.05, 4.69) is 133 Å². The van der Waals surface area contributed by atoms with Crippen molar-refractivity contribution in [2.75, 3.05) is 0 Å². The molecule has 0 saturated carbocycles. The summed E-state index contributed by atoms with van der Waals surface area (Å²) >= 11 is 0. The Morgan fingerprint density at radius 3 is 1.50 bits per heavy atom. The molecule has 0 radical (unpaired) electrons. The molecule has 0 nitrogen and oxygen atoms in total. The van der Waals surface area contributed by atoms with Crippen molar-refractivity contribution in [1.82, 2.24) is 0 Å². The smallest absolute Gasteiger partial charge is 0.00137 e. The van der Waals surface area contributed by atoms with Crippen molar-refractivity contribution in [3.05, 3.63) is 133 Å². The summed E-state index contributed by atoms with van der Waals surface area (Å²) in [4.78, 5) is 0. The summed E-state index contributed by atoms with van der Waals surface area (Å²) < 4.78 is 0. The van der Waals surface area contributed by atoms with Crippen molar-refractivity contribution < 1.29 is 0 Å². The van der Waals surface area contributed by atoms with Gasteiger partial charge in [0.05, 0.1) is 0 Å². The van der Waals surface area contributed by atoms with Gasteiger partial charge in [0.15, 0.2) is 0 Å². The molecule has 0 aromatic heterocycles. The SMILES string of the molecule is c1ccc(-c2c3ccc4c(cc5c6ccccc6c6cccc4c65)c3cc3c4cccc5cccc(c23)c54)cc1. The fourth-order valence-corrected chi connectivity index (χ4v) is 7.73. The van der Waals surface area contributed by atoms with Gasteiger partial charge in [-0.15, -0.1) is 0 Å². The van der Waals surface area contributed by atoms with Crippen LogP contribution < -0.4 is 0 Å². The van der Waals surface area contributed by atoms with E-state index in [1.807, 2.05) is 0 Å². The van der Waals surface area contributed by atoms with E-state index >= 15 is 0 Å². The lowest BCUT2D eigenvalue weighted by Crippen LogP contribution is -1.87. The molecule has 10 aromatic rings. The summed E-state index contributed by atoms with van der Waals surface area (Å²) in [7, 11) is 0. The largest absolute Gasteiger partial charge is 0.0622 e. The fourth-order valence-electron chi connectivity index (χ4n) is 7.73. The van der Waals surface area contributed by atoms with Crippen LogP contribution in [0.5, 0.6) is 0 Å². The Kier molecular flexibility index (Phi) is 3.76. The Labute approximate surface area is 230 Å². The minimum Gasteiger partial charge on any atom is -0.0622 e. The predicted octanol–water partition coefficient (Wildman–Crippen LogP) is 11.5. The van der Waals surface area contributed by atoms with Gasteiger partial charge in [-0.25, -0.2) is 0 Å². The molecule has 10 aromatic carbocycles. The van der Waals surface area contributed by atoms with E-state index in [-0.39, 0.29) is 0 Å². The van der Waals surface area contributed by atoms with Gasteiger partial charge in [-0.05, 0) is 109 Å². The molecule has 0 aliphatic rings. The molecule has 10 rings (SSSR count). The maximum atomic E-state index is 2.48. The van der Waals surface area contributed by atoms with Gasteiger partial charge < -0.3 is 0 Å². The highest BCUT2D eigenvalue weighted by molar-refractivity contribution is 6.40. The second-order valence-corrected chi connectivity index (χ2v) is 11.2. The van der Waals surface area contributed by atoms with Gasteiger partial charge in [-0.3, -0.25) is 0 Å². The van der Waals surface area contributed by atoms with Crippen molar-refractivity contribution in [3.8, 4) is 11.1 Å². The molecule has 0 N–H and O–H groups in total. The van der Waals surface area contributed by atoms with Crippen LogP contribution in [0.3, 0.4) is 0 Å². The second kappa shape index (κ2) is 7.25. The zero-order valence-corrected chi connectivity index (χ0v) is 21.7. The number of rotatable bonds is 1. The Hall–Kier alpha value is -5.20. The molecule has 0 saturated heterocycles. The number of fused-ring (bicyclic) bond motifs is 10. The Balaban J connectivity index is 1.51. The summed E-state index contributed by atoms with van der Waals surface area (Å²) in [6, 6.07) is 49.9. The average molecular weight is 503 g/mol. The summed E-state index contributed by atoms with van der Waals surface area (Å²) in [6.45, 7) is 0. The van der Waals surface area contributed by atoms with Crippen LogP contribution in [0.25, 0.3) is 97.3 Å². The van der Waals surface area contributed by atoms with E-state index in [4.69, 9.17) is 0 Å². The van der Waals surface area contributed by atoms with Crippen molar-refractivity contribution in [3.63, 3.8) is 0 Å². The van der Waals surface area contributed by atoms with Gasteiger partial charge in [-0.2, -0.15) is 0 Å². The zero-order valence-electron chi connectivity index (χ0n) is 21.7. The Bertz CT molecular complexity index is 2620. The van der Waals surface area contributed by atoms with Gasteiger partial charge in [0.2, 0.25) is 0 Å². The normalized spacial score (nSPS) is 12.5. The van der Waals surface area contributed by atoms with Gasteiger partial charge in [0, 0.05) is 0 Å². The molecule has 0 amide bonds. The molecule has 0 fully saturated rings. The molecule has 40 heavy (non-hydrogen) atoms. The highest BCUT2D eigenvalue weighted by Crippen LogP contribution is 2.49. The maximum absolute atomic E-state index is 2.48. The van der Waals surface area contributed by atoms with Crippen LogP contribution in [0, 0.1) is 0 Å². The van der Waals surface area contributed by atoms with Crippen molar-refractivity contribution in [1.29, 1.82) is 0 Å². The number of benzene rings is 8. The summed E-state index contributed by atoms with van der Waals surface area (Å²) in [5, 5.41) is 21.5. The molecule has 0 heteroatoms. The minimum atomic E-state index is 1.27. The highest BCUT2D eigenvalue weighted by atomic mass is 14.2. The lowest BCUT2D eigenvalue weighted by atomic mass is 9.88. The molecular weight excluding hydrogens is 480 g/mol. The van der Waals surface area contributed by atoms with Crippen LogP contribution in [0.15, 0.2) is 133 Å². The van der Waals surface area contributed by atoms with Gasteiger partial charge >= 0.3 is 0 Å².